The van der Waals surface area contributed by atoms with Gasteiger partial charge in [-0.25, -0.2) is 4.39 Å². The molecule has 2 nitrogen and oxygen atoms in total. The average Bonchev–Trinajstić information content (AvgIpc) is 2.42. The van der Waals surface area contributed by atoms with Crippen molar-refractivity contribution in [2.45, 2.75) is 5.33 Å². The van der Waals surface area contributed by atoms with Crippen LogP contribution in [0.5, 0.6) is 17.2 Å². The van der Waals surface area contributed by atoms with Gasteiger partial charge in [-0.3, -0.25) is 0 Å². The number of hydrogen-bond acceptors (Lipinski definition) is 2. The minimum absolute atomic E-state index is 0.282. The second kappa shape index (κ2) is 6.39. The summed E-state index contributed by atoms with van der Waals surface area (Å²) in [5.74, 6) is 1.72. The first-order chi connectivity index (χ1) is 9.13. The molecule has 0 radical (unpaired) electrons. The topological polar surface area (TPSA) is 18.5 Å². The highest BCUT2D eigenvalue weighted by Crippen LogP contribution is 2.34. The van der Waals surface area contributed by atoms with Crippen molar-refractivity contribution >= 4 is 31.9 Å². The van der Waals surface area contributed by atoms with E-state index in [2.05, 4.69) is 31.9 Å². The highest BCUT2D eigenvalue weighted by atomic mass is 79.9. The van der Waals surface area contributed by atoms with Crippen molar-refractivity contribution in [3.05, 3.63) is 52.3 Å². The second-order valence-electron chi connectivity index (χ2n) is 3.78. The molecule has 5 heteroatoms. The van der Waals surface area contributed by atoms with Crippen LogP contribution in [0.3, 0.4) is 0 Å². The molecular weight excluding hydrogens is 379 g/mol. The van der Waals surface area contributed by atoms with Gasteiger partial charge in [0.25, 0.3) is 0 Å². The van der Waals surface area contributed by atoms with Crippen LogP contribution >= 0.6 is 31.9 Å². The number of ether oxygens (including phenoxy) is 2. The van der Waals surface area contributed by atoms with Gasteiger partial charge in [-0.1, -0.05) is 15.9 Å². The first-order valence-electron chi connectivity index (χ1n) is 5.50. The Kier molecular flexibility index (Phi) is 4.82. The zero-order valence-corrected chi connectivity index (χ0v) is 13.3. The fraction of sp³-hybridized carbons (Fsp3) is 0.143. The van der Waals surface area contributed by atoms with Gasteiger partial charge >= 0.3 is 0 Å². The molecule has 0 fully saturated rings. The number of benzene rings is 2. The van der Waals surface area contributed by atoms with Crippen molar-refractivity contribution in [1.29, 1.82) is 0 Å². The summed E-state index contributed by atoms with van der Waals surface area (Å²) in [6.07, 6.45) is 0. The summed E-state index contributed by atoms with van der Waals surface area (Å²) in [6, 6.07) is 9.84. The van der Waals surface area contributed by atoms with E-state index in [1.807, 2.05) is 6.07 Å². The largest absolute Gasteiger partial charge is 0.497 e. The molecule has 0 unspecified atom stereocenters. The minimum atomic E-state index is -0.282. The molecule has 0 aliphatic heterocycles. The van der Waals surface area contributed by atoms with Gasteiger partial charge in [0.2, 0.25) is 0 Å². The molecule has 0 saturated carbocycles. The van der Waals surface area contributed by atoms with Crippen LogP contribution in [0.25, 0.3) is 0 Å². The van der Waals surface area contributed by atoms with Gasteiger partial charge in [0.05, 0.1) is 11.6 Å². The molecular formula is C14H11Br2FO2. The summed E-state index contributed by atoms with van der Waals surface area (Å²) < 4.78 is 24.8. The fourth-order valence-corrected chi connectivity index (χ4v) is 2.44. The maximum Gasteiger partial charge on any atom is 0.141 e. The fourth-order valence-electron chi connectivity index (χ4n) is 1.56. The maximum absolute atomic E-state index is 13.1. The molecule has 0 aliphatic carbocycles. The van der Waals surface area contributed by atoms with Crippen molar-refractivity contribution < 1.29 is 13.9 Å². The van der Waals surface area contributed by atoms with Crippen LogP contribution in [-0.2, 0) is 5.33 Å². The first kappa shape index (κ1) is 14.3. The summed E-state index contributed by atoms with van der Waals surface area (Å²) in [7, 11) is 1.60. The molecule has 2 rings (SSSR count). The van der Waals surface area contributed by atoms with E-state index in [0.717, 1.165) is 15.8 Å². The number of hydrogen-bond donors (Lipinski definition) is 0. The molecule has 0 aliphatic rings. The van der Waals surface area contributed by atoms with Crippen LogP contribution in [0.4, 0.5) is 4.39 Å². The van der Waals surface area contributed by atoms with E-state index < -0.39 is 0 Å². The van der Waals surface area contributed by atoms with Gasteiger partial charge in [0.1, 0.15) is 23.1 Å². The highest BCUT2D eigenvalue weighted by molar-refractivity contribution is 9.10. The predicted octanol–water partition coefficient (Wildman–Crippen LogP) is 5.28. The van der Waals surface area contributed by atoms with E-state index in [4.69, 9.17) is 9.47 Å². The number of rotatable bonds is 4. The van der Waals surface area contributed by atoms with Crippen molar-refractivity contribution in [2.75, 3.05) is 7.11 Å². The summed E-state index contributed by atoms with van der Waals surface area (Å²) in [5.41, 5.74) is 0.753. The lowest BCUT2D eigenvalue weighted by Crippen LogP contribution is -1.92. The van der Waals surface area contributed by atoms with E-state index in [-0.39, 0.29) is 5.82 Å². The Morgan fingerprint density at radius 2 is 1.84 bits per heavy atom. The third-order valence-corrected chi connectivity index (χ3v) is 3.75. The van der Waals surface area contributed by atoms with E-state index in [0.29, 0.717) is 16.8 Å². The Hall–Kier alpha value is -1.07. The van der Waals surface area contributed by atoms with Crippen LogP contribution < -0.4 is 9.47 Å². The standard InChI is InChI=1S/C14H11Br2FO2/c1-18-11-3-5-14(12(16)7-11)19-13-4-2-10(17)6-9(13)8-15/h2-7H,8H2,1H3. The molecule has 0 N–H and O–H groups in total. The van der Waals surface area contributed by atoms with Crippen molar-refractivity contribution in [2.24, 2.45) is 0 Å². The smallest absolute Gasteiger partial charge is 0.141 e. The lowest BCUT2D eigenvalue weighted by molar-refractivity contribution is 0.412. The van der Waals surface area contributed by atoms with Crippen LogP contribution in [-0.4, -0.2) is 7.11 Å². The van der Waals surface area contributed by atoms with Gasteiger partial charge in [-0.05, 0) is 52.3 Å². The Morgan fingerprint density at radius 3 is 2.47 bits per heavy atom. The summed E-state index contributed by atoms with van der Waals surface area (Å²) in [5, 5.41) is 0.522. The molecule has 0 aromatic heterocycles. The van der Waals surface area contributed by atoms with E-state index in [1.165, 1.54) is 12.1 Å². The molecule has 2 aromatic carbocycles. The zero-order valence-electron chi connectivity index (χ0n) is 10.1. The monoisotopic (exact) mass is 388 g/mol. The van der Waals surface area contributed by atoms with Gasteiger partial charge in [0, 0.05) is 10.9 Å². The lowest BCUT2D eigenvalue weighted by Gasteiger charge is -2.12. The van der Waals surface area contributed by atoms with Crippen molar-refractivity contribution in [1.82, 2.24) is 0 Å². The van der Waals surface area contributed by atoms with Crippen LogP contribution in [0.1, 0.15) is 5.56 Å². The Bertz CT molecular complexity index is 588. The number of alkyl halides is 1. The molecule has 0 heterocycles. The Balaban J connectivity index is 2.31. The summed E-state index contributed by atoms with van der Waals surface area (Å²) >= 11 is 6.73. The third kappa shape index (κ3) is 3.48. The molecule has 0 atom stereocenters. The molecule has 0 saturated heterocycles. The van der Waals surface area contributed by atoms with E-state index in [1.54, 1.807) is 25.3 Å². The third-order valence-electron chi connectivity index (χ3n) is 2.53. The van der Waals surface area contributed by atoms with Gasteiger partial charge in [-0.15, -0.1) is 0 Å². The van der Waals surface area contributed by atoms with Crippen LogP contribution in [0.15, 0.2) is 40.9 Å². The number of halogens is 3. The summed E-state index contributed by atoms with van der Waals surface area (Å²) in [4.78, 5) is 0. The number of methoxy groups -OCH3 is 1. The molecule has 0 amide bonds. The van der Waals surface area contributed by atoms with Crippen LogP contribution in [0.2, 0.25) is 0 Å². The quantitative estimate of drug-likeness (QED) is 0.662. The van der Waals surface area contributed by atoms with Gasteiger partial charge < -0.3 is 9.47 Å². The minimum Gasteiger partial charge on any atom is -0.497 e. The normalized spacial score (nSPS) is 10.3. The predicted molar refractivity (Wildman–Crippen MR) is 79.8 cm³/mol. The zero-order chi connectivity index (χ0) is 13.8. The molecule has 2 aromatic rings. The van der Waals surface area contributed by atoms with Crippen molar-refractivity contribution in [3.63, 3.8) is 0 Å². The van der Waals surface area contributed by atoms with Crippen LogP contribution in [0, 0.1) is 5.82 Å². The lowest BCUT2D eigenvalue weighted by atomic mass is 10.2. The Morgan fingerprint density at radius 1 is 1.11 bits per heavy atom. The molecule has 0 spiro atoms. The van der Waals surface area contributed by atoms with Gasteiger partial charge in [0.15, 0.2) is 0 Å². The average molecular weight is 390 g/mol. The molecule has 100 valence electrons. The summed E-state index contributed by atoms with van der Waals surface area (Å²) in [6.45, 7) is 0. The maximum atomic E-state index is 13.1. The molecule has 19 heavy (non-hydrogen) atoms. The van der Waals surface area contributed by atoms with E-state index >= 15 is 0 Å². The van der Waals surface area contributed by atoms with Gasteiger partial charge in [-0.2, -0.15) is 0 Å². The molecule has 0 bridgehead atoms. The SMILES string of the molecule is COc1ccc(Oc2ccc(F)cc2CBr)c(Br)c1. The second-order valence-corrected chi connectivity index (χ2v) is 5.20. The highest BCUT2D eigenvalue weighted by Gasteiger charge is 2.09. The first-order valence-corrected chi connectivity index (χ1v) is 7.41. The van der Waals surface area contributed by atoms with E-state index in [9.17, 15) is 4.39 Å². The van der Waals surface area contributed by atoms with Crippen molar-refractivity contribution in [3.8, 4) is 17.2 Å². The Labute approximate surface area is 127 Å².